The van der Waals surface area contributed by atoms with Crippen molar-refractivity contribution >= 4 is 0 Å². The average molecular weight is 168 g/mol. The highest BCUT2D eigenvalue weighted by atomic mass is 17.1. The number of hydrogen-bond donors (Lipinski definition) is 1. The summed E-state index contributed by atoms with van der Waals surface area (Å²) in [7, 11) is 1.63. The van der Waals surface area contributed by atoms with Gasteiger partial charge >= 0.3 is 0 Å². The van der Waals surface area contributed by atoms with E-state index in [4.69, 9.17) is 9.99 Å². The van der Waals surface area contributed by atoms with Crippen molar-refractivity contribution in [2.75, 3.05) is 13.7 Å². The maximum Gasteiger partial charge on any atom is 0.118 e. The predicted octanol–water partition coefficient (Wildman–Crippen LogP) is 1.73. The summed E-state index contributed by atoms with van der Waals surface area (Å²) in [5.74, 6) is 0.837. The standard InChI is InChI=1S/C9H12O3/c1-11-9-4-2-8(3-5-9)6-7-12-10/h2-5,10H,6-7H2,1H3. The SMILES string of the molecule is COc1ccc(CCOO)cc1. The van der Waals surface area contributed by atoms with E-state index in [1.165, 1.54) is 0 Å². The van der Waals surface area contributed by atoms with Crippen molar-refractivity contribution in [1.82, 2.24) is 0 Å². The number of benzene rings is 1. The van der Waals surface area contributed by atoms with E-state index in [-0.39, 0.29) is 0 Å². The van der Waals surface area contributed by atoms with Gasteiger partial charge in [-0.3, -0.25) is 5.26 Å². The molecule has 0 saturated heterocycles. The van der Waals surface area contributed by atoms with Crippen LogP contribution >= 0.6 is 0 Å². The van der Waals surface area contributed by atoms with Gasteiger partial charge in [-0.05, 0) is 24.1 Å². The molecule has 1 rings (SSSR count). The Bertz CT molecular complexity index is 218. The van der Waals surface area contributed by atoms with Crippen LogP contribution in [0.25, 0.3) is 0 Å². The summed E-state index contributed by atoms with van der Waals surface area (Å²) < 4.78 is 4.99. The zero-order valence-corrected chi connectivity index (χ0v) is 6.99. The lowest BCUT2D eigenvalue weighted by molar-refractivity contribution is -0.241. The monoisotopic (exact) mass is 168 g/mol. The van der Waals surface area contributed by atoms with Crippen LogP contribution in [0.5, 0.6) is 5.75 Å². The Hall–Kier alpha value is -1.06. The molecule has 0 aliphatic carbocycles. The van der Waals surface area contributed by atoms with Crippen LogP contribution in [0.4, 0.5) is 0 Å². The third kappa shape index (κ3) is 2.53. The normalized spacial score (nSPS) is 9.83. The largest absolute Gasteiger partial charge is 0.497 e. The Morgan fingerprint density at radius 1 is 1.25 bits per heavy atom. The van der Waals surface area contributed by atoms with Gasteiger partial charge in [-0.25, -0.2) is 4.89 Å². The van der Waals surface area contributed by atoms with Gasteiger partial charge in [-0.1, -0.05) is 12.1 Å². The van der Waals surface area contributed by atoms with E-state index in [0.29, 0.717) is 13.0 Å². The fourth-order valence-electron chi connectivity index (χ4n) is 0.956. The first kappa shape index (κ1) is 9.03. The second kappa shape index (κ2) is 4.74. The van der Waals surface area contributed by atoms with Crippen molar-refractivity contribution in [2.24, 2.45) is 0 Å². The van der Waals surface area contributed by atoms with E-state index in [1.54, 1.807) is 7.11 Å². The molecule has 66 valence electrons. The Labute approximate surface area is 71.5 Å². The number of hydrogen-bond acceptors (Lipinski definition) is 3. The summed E-state index contributed by atoms with van der Waals surface area (Å²) in [4.78, 5) is 3.97. The summed E-state index contributed by atoms with van der Waals surface area (Å²) in [5.41, 5.74) is 1.12. The molecule has 0 aromatic heterocycles. The zero-order chi connectivity index (χ0) is 8.81. The van der Waals surface area contributed by atoms with Crippen LogP contribution in [0.15, 0.2) is 24.3 Å². The van der Waals surface area contributed by atoms with Gasteiger partial charge in [-0.2, -0.15) is 0 Å². The highest BCUT2D eigenvalue weighted by molar-refractivity contribution is 5.27. The first-order valence-electron chi connectivity index (χ1n) is 3.76. The Balaban J connectivity index is 2.53. The van der Waals surface area contributed by atoms with E-state index < -0.39 is 0 Å². The van der Waals surface area contributed by atoms with Gasteiger partial charge in [0.25, 0.3) is 0 Å². The lowest BCUT2D eigenvalue weighted by Crippen LogP contribution is -1.94. The van der Waals surface area contributed by atoms with Crippen LogP contribution in [0.1, 0.15) is 5.56 Å². The maximum atomic E-state index is 8.10. The second-order valence-electron chi connectivity index (χ2n) is 2.43. The molecule has 0 saturated carbocycles. The van der Waals surface area contributed by atoms with Crippen LogP contribution in [0.3, 0.4) is 0 Å². The van der Waals surface area contributed by atoms with Gasteiger partial charge < -0.3 is 4.74 Å². The van der Waals surface area contributed by atoms with E-state index in [9.17, 15) is 0 Å². The minimum absolute atomic E-state index is 0.326. The van der Waals surface area contributed by atoms with E-state index in [1.807, 2.05) is 24.3 Å². The summed E-state index contributed by atoms with van der Waals surface area (Å²) in [6, 6.07) is 7.65. The molecule has 0 aliphatic rings. The summed E-state index contributed by atoms with van der Waals surface area (Å²) in [5, 5.41) is 8.10. The number of rotatable bonds is 4. The fourth-order valence-corrected chi connectivity index (χ4v) is 0.956. The molecule has 1 aromatic carbocycles. The van der Waals surface area contributed by atoms with Gasteiger partial charge in [0.05, 0.1) is 13.7 Å². The quantitative estimate of drug-likeness (QED) is 0.549. The first-order chi connectivity index (χ1) is 5.86. The summed E-state index contributed by atoms with van der Waals surface area (Å²) in [6.45, 7) is 0.326. The molecule has 0 heterocycles. The third-order valence-electron chi connectivity index (χ3n) is 1.64. The number of ether oxygens (including phenoxy) is 1. The molecule has 1 N–H and O–H groups in total. The molecular formula is C9H12O3. The second-order valence-corrected chi connectivity index (χ2v) is 2.43. The molecule has 0 fully saturated rings. The smallest absolute Gasteiger partial charge is 0.118 e. The Morgan fingerprint density at radius 2 is 1.92 bits per heavy atom. The molecule has 0 atom stereocenters. The van der Waals surface area contributed by atoms with E-state index in [2.05, 4.69) is 4.89 Å². The van der Waals surface area contributed by atoms with Crippen molar-refractivity contribution < 1.29 is 14.9 Å². The van der Waals surface area contributed by atoms with Crippen LogP contribution in [-0.2, 0) is 11.3 Å². The van der Waals surface area contributed by atoms with Gasteiger partial charge in [0, 0.05) is 0 Å². The molecular weight excluding hydrogens is 156 g/mol. The Morgan fingerprint density at radius 3 is 2.42 bits per heavy atom. The zero-order valence-electron chi connectivity index (χ0n) is 6.99. The third-order valence-corrected chi connectivity index (χ3v) is 1.64. The molecule has 3 nitrogen and oxygen atoms in total. The Kier molecular flexibility index (Phi) is 3.57. The van der Waals surface area contributed by atoms with Crippen molar-refractivity contribution in [3.63, 3.8) is 0 Å². The molecule has 0 amide bonds. The minimum atomic E-state index is 0.326. The summed E-state index contributed by atoms with van der Waals surface area (Å²) in [6.07, 6.45) is 0.709. The molecule has 0 radical (unpaired) electrons. The van der Waals surface area contributed by atoms with Gasteiger partial charge in [0.15, 0.2) is 0 Å². The number of methoxy groups -OCH3 is 1. The molecule has 0 unspecified atom stereocenters. The lowest BCUT2D eigenvalue weighted by atomic mass is 10.1. The van der Waals surface area contributed by atoms with Crippen molar-refractivity contribution in [1.29, 1.82) is 0 Å². The van der Waals surface area contributed by atoms with E-state index >= 15 is 0 Å². The fraction of sp³-hybridized carbons (Fsp3) is 0.333. The van der Waals surface area contributed by atoms with Crippen molar-refractivity contribution in [3.05, 3.63) is 29.8 Å². The van der Waals surface area contributed by atoms with Crippen LogP contribution in [0.2, 0.25) is 0 Å². The molecule has 1 aromatic rings. The predicted molar refractivity (Wildman–Crippen MR) is 45.3 cm³/mol. The maximum absolute atomic E-state index is 8.10. The molecule has 0 bridgehead atoms. The van der Waals surface area contributed by atoms with Crippen molar-refractivity contribution in [3.8, 4) is 5.75 Å². The molecule has 3 heteroatoms. The summed E-state index contributed by atoms with van der Waals surface area (Å²) >= 11 is 0. The van der Waals surface area contributed by atoms with Crippen LogP contribution in [0, 0.1) is 0 Å². The van der Waals surface area contributed by atoms with Gasteiger partial charge in [0.2, 0.25) is 0 Å². The van der Waals surface area contributed by atoms with Crippen molar-refractivity contribution in [2.45, 2.75) is 6.42 Å². The van der Waals surface area contributed by atoms with Gasteiger partial charge in [-0.15, -0.1) is 0 Å². The van der Waals surface area contributed by atoms with Crippen LogP contribution < -0.4 is 4.74 Å². The minimum Gasteiger partial charge on any atom is -0.497 e. The van der Waals surface area contributed by atoms with Crippen LogP contribution in [-0.4, -0.2) is 19.0 Å². The van der Waals surface area contributed by atoms with E-state index in [0.717, 1.165) is 11.3 Å². The average Bonchev–Trinajstić information content (AvgIpc) is 2.15. The molecule has 12 heavy (non-hydrogen) atoms. The lowest BCUT2D eigenvalue weighted by Gasteiger charge is -2.01. The highest BCUT2D eigenvalue weighted by Gasteiger charge is 1.93. The topological polar surface area (TPSA) is 38.7 Å². The first-order valence-corrected chi connectivity index (χ1v) is 3.76. The van der Waals surface area contributed by atoms with Gasteiger partial charge in [0.1, 0.15) is 5.75 Å². The highest BCUT2D eigenvalue weighted by Crippen LogP contribution is 2.11. The molecule has 0 aliphatic heterocycles. The molecule has 0 spiro atoms.